The molecular weight excluding hydrogens is 234 g/mol. The van der Waals surface area contributed by atoms with Gasteiger partial charge in [-0.1, -0.05) is 24.9 Å². The zero-order valence-corrected chi connectivity index (χ0v) is 11.0. The highest BCUT2D eigenvalue weighted by molar-refractivity contribution is 5.87. The van der Waals surface area contributed by atoms with E-state index in [0.29, 0.717) is 6.61 Å². The molecule has 0 bridgehead atoms. The van der Waals surface area contributed by atoms with Crippen LogP contribution in [0.5, 0.6) is 0 Å². The molecule has 1 saturated carbocycles. The third kappa shape index (κ3) is 4.52. The van der Waals surface area contributed by atoms with Crippen LogP contribution in [-0.4, -0.2) is 47.7 Å². The molecule has 18 heavy (non-hydrogen) atoms. The molecule has 1 rings (SSSR count). The largest absolute Gasteiger partial charge is 0.409 e. The standard InChI is InChI=1S/C12H23N3O3/c1-2-7-18-9-12(16)15(8-11(13)14-17)10-5-3-4-6-10/h10,17H,2-9H2,1H3,(H2,13,14). The van der Waals surface area contributed by atoms with E-state index in [-0.39, 0.29) is 30.9 Å². The van der Waals surface area contributed by atoms with Gasteiger partial charge in [-0.05, 0) is 19.3 Å². The number of ether oxygens (including phenoxy) is 1. The van der Waals surface area contributed by atoms with Gasteiger partial charge in [-0.3, -0.25) is 4.79 Å². The van der Waals surface area contributed by atoms with Crippen LogP contribution in [0.1, 0.15) is 39.0 Å². The van der Waals surface area contributed by atoms with Crippen LogP contribution < -0.4 is 5.73 Å². The van der Waals surface area contributed by atoms with Crippen molar-refractivity contribution in [3.63, 3.8) is 0 Å². The van der Waals surface area contributed by atoms with E-state index in [2.05, 4.69) is 5.16 Å². The normalized spacial score (nSPS) is 17.1. The van der Waals surface area contributed by atoms with Crippen molar-refractivity contribution in [2.75, 3.05) is 19.8 Å². The Hall–Kier alpha value is -1.30. The third-order valence-electron chi connectivity index (χ3n) is 3.12. The predicted octanol–water partition coefficient (Wildman–Crippen LogP) is 0.931. The maximum atomic E-state index is 12.1. The first-order valence-electron chi connectivity index (χ1n) is 6.52. The number of nitrogens with zero attached hydrogens (tertiary/aromatic N) is 2. The number of carbonyl (C=O) groups is 1. The van der Waals surface area contributed by atoms with E-state index in [1.54, 1.807) is 4.90 Å². The van der Waals surface area contributed by atoms with Crippen LogP contribution in [0.25, 0.3) is 0 Å². The molecule has 6 heteroatoms. The fraction of sp³-hybridized carbons (Fsp3) is 0.833. The van der Waals surface area contributed by atoms with Crippen LogP contribution in [0.4, 0.5) is 0 Å². The number of hydrogen-bond acceptors (Lipinski definition) is 4. The van der Waals surface area contributed by atoms with E-state index in [9.17, 15) is 4.79 Å². The minimum atomic E-state index is -0.0815. The Morgan fingerprint density at radius 2 is 2.17 bits per heavy atom. The lowest BCUT2D eigenvalue weighted by Crippen LogP contribution is -2.45. The van der Waals surface area contributed by atoms with Gasteiger partial charge in [-0.25, -0.2) is 0 Å². The Morgan fingerprint density at radius 1 is 1.50 bits per heavy atom. The lowest BCUT2D eigenvalue weighted by atomic mass is 10.2. The summed E-state index contributed by atoms with van der Waals surface area (Å²) in [7, 11) is 0. The van der Waals surface area contributed by atoms with Gasteiger partial charge in [-0.15, -0.1) is 0 Å². The van der Waals surface area contributed by atoms with Crippen molar-refractivity contribution in [1.29, 1.82) is 0 Å². The molecule has 0 saturated heterocycles. The van der Waals surface area contributed by atoms with Gasteiger partial charge in [0.2, 0.25) is 5.91 Å². The first-order valence-corrected chi connectivity index (χ1v) is 6.52. The summed E-state index contributed by atoms with van der Waals surface area (Å²) in [5, 5.41) is 11.6. The second-order valence-electron chi connectivity index (χ2n) is 4.60. The molecule has 0 spiro atoms. The molecule has 6 nitrogen and oxygen atoms in total. The summed E-state index contributed by atoms with van der Waals surface area (Å²) in [5.74, 6) is -0.0207. The van der Waals surface area contributed by atoms with Crippen molar-refractivity contribution in [2.45, 2.75) is 45.1 Å². The third-order valence-corrected chi connectivity index (χ3v) is 3.12. The second-order valence-corrected chi connectivity index (χ2v) is 4.60. The number of amides is 1. The molecule has 1 fully saturated rings. The maximum absolute atomic E-state index is 12.1. The van der Waals surface area contributed by atoms with Crippen molar-refractivity contribution in [3.05, 3.63) is 0 Å². The Bertz CT molecular complexity index is 288. The minimum Gasteiger partial charge on any atom is -0.409 e. The molecule has 104 valence electrons. The lowest BCUT2D eigenvalue weighted by molar-refractivity contribution is -0.137. The number of carbonyl (C=O) groups excluding carboxylic acids is 1. The van der Waals surface area contributed by atoms with Crippen molar-refractivity contribution in [3.8, 4) is 0 Å². The summed E-state index contributed by atoms with van der Waals surface area (Å²) < 4.78 is 5.27. The minimum absolute atomic E-state index is 0.0609. The topological polar surface area (TPSA) is 88.2 Å². The average Bonchev–Trinajstić information content (AvgIpc) is 2.89. The van der Waals surface area contributed by atoms with Gasteiger partial charge in [0.05, 0.1) is 6.54 Å². The van der Waals surface area contributed by atoms with Gasteiger partial charge >= 0.3 is 0 Å². The number of hydrogen-bond donors (Lipinski definition) is 2. The lowest BCUT2D eigenvalue weighted by Gasteiger charge is -2.28. The van der Waals surface area contributed by atoms with Gasteiger partial charge in [0, 0.05) is 12.6 Å². The van der Waals surface area contributed by atoms with E-state index in [4.69, 9.17) is 15.7 Å². The zero-order valence-electron chi connectivity index (χ0n) is 11.0. The van der Waals surface area contributed by atoms with Crippen molar-refractivity contribution in [1.82, 2.24) is 4.90 Å². The van der Waals surface area contributed by atoms with E-state index < -0.39 is 0 Å². The van der Waals surface area contributed by atoms with E-state index in [0.717, 1.165) is 32.1 Å². The Kier molecular flexibility index (Phi) is 6.49. The molecule has 0 aromatic rings. The average molecular weight is 257 g/mol. The van der Waals surface area contributed by atoms with Crippen LogP contribution in [0.15, 0.2) is 5.16 Å². The van der Waals surface area contributed by atoms with Crippen molar-refractivity contribution < 1.29 is 14.7 Å². The summed E-state index contributed by atoms with van der Waals surface area (Å²) in [4.78, 5) is 13.7. The van der Waals surface area contributed by atoms with Crippen LogP contribution in [0.3, 0.4) is 0 Å². The van der Waals surface area contributed by atoms with Crippen LogP contribution in [0, 0.1) is 0 Å². The molecule has 0 atom stereocenters. The van der Waals surface area contributed by atoms with Crippen LogP contribution in [0.2, 0.25) is 0 Å². The van der Waals surface area contributed by atoms with Gasteiger partial charge < -0.3 is 20.6 Å². The number of amidine groups is 1. The fourth-order valence-corrected chi connectivity index (χ4v) is 2.23. The fourth-order valence-electron chi connectivity index (χ4n) is 2.23. The first-order chi connectivity index (χ1) is 8.69. The number of oxime groups is 1. The molecular formula is C12H23N3O3. The molecule has 1 amide bonds. The smallest absolute Gasteiger partial charge is 0.249 e. The first kappa shape index (κ1) is 14.8. The van der Waals surface area contributed by atoms with Gasteiger partial charge in [-0.2, -0.15) is 0 Å². The molecule has 1 aliphatic rings. The predicted molar refractivity (Wildman–Crippen MR) is 68.5 cm³/mol. The second kappa shape index (κ2) is 7.92. The molecule has 0 aromatic carbocycles. The molecule has 1 aliphatic carbocycles. The van der Waals surface area contributed by atoms with E-state index in [1.807, 2.05) is 6.92 Å². The summed E-state index contributed by atoms with van der Waals surface area (Å²) in [6.07, 6.45) is 5.11. The van der Waals surface area contributed by atoms with Gasteiger partial charge in [0.15, 0.2) is 5.84 Å². The van der Waals surface area contributed by atoms with Crippen LogP contribution >= 0.6 is 0 Å². The van der Waals surface area contributed by atoms with E-state index >= 15 is 0 Å². The van der Waals surface area contributed by atoms with Gasteiger partial charge in [0.25, 0.3) is 0 Å². The molecule has 0 aliphatic heterocycles. The summed E-state index contributed by atoms with van der Waals surface area (Å²) in [6.45, 7) is 2.82. The highest BCUT2D eigenvalue weighted by Gasteiger charge is 2.27. The Labute approximate surface area is 108 Å². The Balaban J connectivity index is 2.55. The zero-order chi connectivity index (χ0) is 13.4. The number of rotatable bonds is 7. The highest BCUT2D eigenvalue weighted by atomic mass is 16.5. The van der Waals surface area contributed by atoms with Crippen molar-refractivity contribution in [2.24, 2.45) is 10.9 Å². The molecule has 0 aromatic heterocycles. The molecule has 3 N–H and O–H groups in total. The van der Waals surface area contributed by atoms with E-state index in [1.165, 1.54) is 0 Å². The highest BCUT2D eigenvalue weighted by Crippen LogP contribution is 2.23. The SMILES string of the molecule is CCCOCC(=O)N(CC(N)=NO)C1CCCC1. The van der Waals surface area contributed by atoms with Crippen LogP contribution in [-0.2, 0) is 9.53 Å². The molecule has 0 unspecified atom stereocenters. The van der Waals surface area contributed by atoms with Crippen molar-refractivity contribution >= 4 is 11.7 Å². The summed E-state index contributed by atoms with van der Waals surface area (Å²) in [6, 6.07) is 0.197. The monoisotopic (exact) mass is 257 g/mol. The molecule has 0 heterocycles. The quantitative estimate of drug-likeness (QED) is 0.233. The number of nitrogens with two attached hydrogens (primary N) is 1. The summed E-state index contributed by atoms with van der Waals surface area (Å²) >= 11 is 0. The summed E-state index contributed by atoms with van der Waals surface area (Å²) in [5.41, 5.74) is 5.50. The molecule has 0 radical (unpaired) electrons. The Morgan fingerprint density at radius 3 is 2.72 bits per heavy atom. The van der Waals surface area contributed by atoms with Gasteiger partial charge in [0.1, 0.15) is 6.61 Å². The maximum Gasteiger partial charge on any atom is 0.249 e.